The number of benzene rings is 1. The number of rotatable bonds is 4. The molecule has 0 saturated carbocycles. The van der Waals surface area contributed by atoms with Crippen LogP contribution in [-0.2, 0) is 12.8 Å². The van der Waals surface area contributed by atoms with Gasteiger partial charge in [0, 0.05) is 12.2 Å². The van der Waals surface area contributed by atoms with Crippen molar-refractivity contribution < 1.29 is 5.21 Å². The zero-order valence-corrected chi connectivity index (χ0v) is 9.75. The summed E-state index contributed by atoms with van der Waals surface area (Å²) in [7, 11) is 0. The van der Waals surface area contributed by atoms with Crippen molar-refractivity contribution in [1.82, 2.24) is 0 Å². The minimum absolute atomic E-state index is 0.583. The van der Waals surface area contributed by atoms with E-state index < -0.39 is 0 Å². The van der Waals surface area contributed by atoms with Crippen LogP contribution in [0.5, 0.6) is 0 Å². The first kappa shape index (κ1) is 11.9. The molecule has 0 amide bonds. The van der Waals surface area contributed by atoms with Crippen molar-refractivity contribution in [2.75, 3.05) is 17.3 Å². The molecule has 1 rings (SSSR count). The molecular weight excluding hydrogens is 188 g/mol. The van der Waals surface area contributed by atoms with Crippen molar-refractivity contribution in [3.63, 3.8) is 0 Å². The number of anilines is 2. The monoisotopic (exact) mass is 208 g/mol. The highest BCUT2D eigenvalue weighted by atomic mass is 16.5. The van der Waals surface area contributed by atoms with Gasteiger partial charge in [-0.2, -0.15) is 0 Å². The van der Waals surface area contributed by atoms with Crippen LogP contribution in [0.3, 0.4) is 0 Å². The Morgan fingerprint density at radius 2 is 1.73 bits per heavy atom. The fourth-order valence-corrected chi connectivity index (χ4v) is 1.92. The van der Waals surface area contributed by atoms with Crippen LogP contribution in [0.1, 0.15) is 31.9 Å². The minimum Gasteiger partial charge on any atom is -0.398 e. The van der Waals surface area contributed by atoms with E-state index in [0.717, 1.165) is 35.3 Å². The predicted octanol–water partition coefficient (Wildman–Crippen LogP) is 2.61. The number of hydrogen-bond acceptors (Lipinski definition) is 3. The van der Waals surface area contributed by atoms with Crippen molar-refractivity contribution in [2.24, 2.45) is 0 Å². The van der Waals surface area contributed by atoms with Crippen molar-refractivity contribution in [1.29, 1.82) is 0 Å². The van der Waals surface area contributed by atoms with E-state index >= 15 is 0 Å². The van der Waals surface area contributed by atoms with Gasteiger partial charge in [0.2, 0.25) is 0 Å². The molecule has 0 saturated heterocycles. The van der Waals surface area contributed by atoms with E-state index in [1.54, 1.807) is 0 Å². The van der Waals surface area contributed by atoms with Gasteiger partial charge < -0.3 is 5.73 Å². The molecule has 1 aromatic rings. The third-order valence-corrected chi connectivity index (χ3v) is 2.73. The lowest BCUT2D eigenvalue weighted by molar-refractivity contribution is 0.259. The molecule has 0 aromatic heterocycles. The summed E-state index contributed by atoms with van der Waals surface area (Å²) in [5.74, 6) is 0. The predicted molar refractivity (Wildman–Crippen MR) is 64.4 cm³/mol. The second-order valence-electron chi connectivity index (χ2n) is 3.55. The molecule has 0 radical (unpaired) electrons. The van der Waals surface area contributed by atoms with Crippen LogP contribution >= 0.6 is 0 Å². The summed E-state index contributed by atoms with van der Waals surface area (Å²) in [6, 6.07) is 3.75. The van der Waals surface area contributed by atoms with Gasteiger partial charge in [-0.25, -0.2) is 0 Å². The van der Waals surface area contributed by atoms with E-state index in [1.165, 1.54) is 5.06 Å². The zero-order valence-electron chi connectivity index (χ0n) is 9.75. The molecule has 0 unspecified atom stereocenters. The second kappa shape index (κ2) is 5.03. The Morgan fingerprint density at radius 3 is 2.20 bits per heavy atom. The summed E-state index contributed by atoms with van der Waals surface area (Å²) >= 11 is 0. The SMILES string of the molecule is CCc1c(N)ccc(N(O)CC)c1CC. The molecule has 3 N–H and O–H groups in total. The highest BCUT2D eigenvalue weighted by Gasteiger charge is 2.12. The second-order valence-corrected chi connectivity index (χ2v) is 3.55. The largest absolute Gasteiger partial charge is 0.398 e. The van der Waals surface area contributed by atoms with E-state index in [4.69, 9.17) is 5.73 Å². The third-order valence-electron chi connectivity index (χ3n) is 2.73. The molecule has 84 valence electrons. The molecule has 1 aromatic carbocycles. The number of hydroxylamine groups is 1. The van der Waals surface area contributed by atoms with E-state index in [-0.39, 0.29) is 0 Å². The maximum absolute atomic E-state index is 9.74. The Morgan fingerprint density at radius 1 is 1.13 bits per heavy atom. The summed E-state index contributed by atoms with van der Waals surface area (Å²) in [5.41, 5.74) is 9.93. The van der Waals surface area contributed by atoms with Crippen molar-refractivity contribution in [3.05, 3.63) is 23.3 Å². The third kappa shape index (κ3) is 2.23. The van der Waals surface area contributed by atoms with Crippen LogP contribution in [0.2, 0.25) is 0 Å². The molecule has 0 heterocycles. The summed E-state index contributed by atoms with van der Waals surface area (Å²) in [6.07, 6.45) is 1.79. The van der Waals surface area contributed by atoms with Gasteiger partial charge in [-0.05, 0) is 43.0 Å². The molecule has 0 aliphatic carbocycles. The summed E-state index contributed by atoms with van der Waals surface area (Å²) in [6.45, 7) is 6.67. The number of nitrogen functional groups attached to an aromatic ring is 1. The lowest BCUT2D eigenvalue weighted by Crippen LogP contribution is -2.19. The first-order valence-electron chi connectivity index (χ1n) is 5.52. The quantitative estimate of drug-likeness (QED) is 0.590. The maximum atomic E-state index is 9.74. The fraction of sp³-hybridized carbons (Fsp3) is 0.500. The lowest BCUT2D eigenvalue weighted by Gasteiger charge is -2.21. The number of hydrogen-bond donors (Lipinski definition) is 2. The lowest BCUT2D eigenvalue weighted by atomic mass is 9.99. The van der Waals surface area contributed by atoms with Crippen LogP contribution in [0.25, 0.3) is 0 Å². The van der Waals surface area contributed by atoms with Gasteiger partial charge in [0.1, 0.15) is 0 Å². The van der Waals surface area contributed by atoms with E-state index in [1.807, 2.05) is 19.1 Å². The number of nitrogens with zero attached hydrogens (tertiary/aromatic N) is 1. The Kier molecular flexibility index (Phi) is 3.97. The number of nitrogens with two attached hydrogens (primary N) is 1. The normalized spacial score (nSPS) is 10.4. The van der Waals surface area contributed by atoms with Gasteiger partial charge in [0.05, 0.1) is 5.69 Å². The molecule has 0 aliphatic rings. The first-order chi connectivity index (χ1) is 7.15. The van der Waals surface area contributed by atoms with Gasteiger partial charge >= 0.3 is 0 Å². The molecule has 0 fully saturated rings. The molecule has 0 spiro atoms. The van der Waals surface area contributed by atoms with Crippen molar-refractivity contribution in [2.45, 2.75) is 33.6 Å². The van der Waals surface area contributed by atoms with E-state index in [0.29, 0.717) is 6.54 Å². The molecule has 3 heteroatoms. The maximum Gasteiger partial charge on any atom is 0.0670 e. The average Bonchev–Trinajstić information content (AvgIpc) is 2.27. The summed E-state index contributed by atoms with van der Waals surface area (Å²) in [4.78, 5) is 0. The highest BCUT2D eigenvalue weighted by molar-refractivity contribution is 5.64. The molecule has 0 aliphatic heterocycles. The Hall–Kier alpha value is -1.22. The van der Waals surface area contributed by atoms with Crippen LogP contribution in [0.4, 0.5) is 11.4 Å². The van der Waals surface area contributed by atoms with Crippen LogP contribution in [0.15, 0.2) is 12.1 Å². The van der Waals surface area contributed by atoms with Crippen molar-refractivity contribution in [3.8, 4) is 0 Å². The van der Waals surface area contributed by atoms with Crippen molar-refractivity contribution >= 4 is 11.4 Å². The van der Waals surface area contributed by atoms with Crippen LogP contribution in [-0.4, -0.2) is 11.8 Å². The Balaban J connectivity index is 3.28. The topological polar surface area (TPSA) is 49.5 Å². The van der Waals surface area contributed by atoms with Gasteiger partial charge in [0.15, 0.2) is 0 Å². The minimum atomic E-state index is 0.583. The smallest absolute Gasteiger partial charge is 0.0670 e. The average molecular weight is 208 g/mol. The van der Waals surface area contributed by atoms with Crippen LogP contribution < -0.4 is 10.8 Å². The zero-order chi connectivity index (χ0) is 11.4. The van der Waals surface area contributed by atoms with Gasteiger partial charge in [-0.15, -0.1) is 0 Å². The summed E-state index contributed by atoms with van der Waals surface area (Å²) < 4.78 is 0. The standard InChI is InChI=1S/C12H20N2O/c1-4-9-10(5-2)12(14(15)6-3)8-7-11(9)13/h7-8,15H,4-6,13H2,1-3H3. The molecule has 0 atom stereocenters. The van der Waals surface area contributed by atoms with Crippen LogP contribution in [0, 0.1) is 0 Å². The Bertz CT molecular complexity index is 337. The molecule has 15 heavy (non-hydrogen) atoms. The van der Waals surface area contributed by atoms with Gasteiger partial charge in [-0.3, -0.25) is 10.3 Å². The Labute approximate surface area is 91.5 Å². The van der Waals surface area contributed by atoms with Gasteiger partial charge in [0.25, 0.3) is 0 Å². The highest BCUT2D eigenvalue weighted by Crippen LogP contribution is 2.28. The van der Waals surface area contributed by atoms with E-state index in [2.05, 4.69) is 13.8 Å². The summed E-state index contributed by atoms with van der Waals surface area (Å²) in [5, 5.41) is 11.0. The molecular formula is C12H20N2O. The van der Waals surface area contributed by atoms with Gasteiger partial charge in [-0.1, -0.05) is 13.8 Å². The molecule has 3 nitrogen and oxygen atoms in total. The fourth-order valence-electron chi connectivity index (χ4n) is 1.92. The first-order valence-corrected chi connectivity index (χ1v) is 5.52. The molecule has 0 bridgehead atoms. The van der Waals surface area contributed by atoms with E-state index in [9.17, 15) is 5.21 Å².